The fourth-order valence-corrected chi connectivity index (χ4v) is 1.58. The summed E-state index contributed by atoms with van der Waals surface area (Å²) in [6, 6.07) is 2.96. The lowest BCUT2D eigenvalue weighted by Gasteiger charge is -2.13. The number of ether oxygens (including phenoxy) is 1. The Morgan fingerprint density at radius 1 is 1.45 bits per heavy atom. The van der Waals surface area contributed by atoms with E-state index in [-0.39, 0.29) is 11.3 Å². The van der Waals surface area contributed by atoms with Gasteiger partial charge in [0, 0.05) is 5.02 Å². The van der Waals surface area contributed by atoms with Gasteiger partial charge in [0.2, 0.25) is 5.91 Å². The zero-order valence-electron chi connectivity index (χ0n) is 10.6. The minimum Gasteiger partial charge on any atom is -0.481 e. The zero-order chi connectivity index (χ0) is 15.3. The normalized spacial score (nSPS) is 11.6. The number of amides is 1. The van der Waals surface area contributed by atoms with E-state index in [4.69, 9.17) is 22.4 Å². The van der Waals surface area contributed by atoms with Gasteiger partial charge < -0.3 is 20.9 Å². The van der Waals surface area contributed by atoms with Gasteiger partial charge in [0.1, 0.15) is 0 Å². The van der Waals surface area contributed by atoms with Crippen molar-refractivity contribution >= 4 is 35.1 Å². The number of anilines is 1. The number of carbonyl (C=O) groups excluding carboxylic acids is 2. The third-order valence-electron chi connectivity index (χ3n) is 2.38. The Kier molecular flexibility index (Phi) is 5.48. The molecule has 0 saturated heterocycles. The molecule has 0 spiro atoms. The molecule has 0 aromatic heterocycles. The molecule has 7 nitrogen and oxygen atoms in total. The molecule has 1 amide bonds. The van der Waals surface area contributed by atoms with E-state index in [0.717, 1.165) is 0 Å². The smallest absolute Gasteiger partial charge is 0.340 e. The maximum Gasteiger partial charge on any atom is 0.340 e. The molecule has 0 aliphatic carbocycles. The van der Waals surface area contributed by atoms with Crippen LogP contribution in [0.25, 0.3) is 0 Å². The molecule has 1 atom stereocenters. The van der Waals surface area contributed by atoms with E-state index >= 15 is 0 Å². The number of nitrogens with one attached hydrogen (secondary N) is 1. The average molecular weight is 301 g/mol. The summed E-state index contributed by atoms with van der Waals surface area (Å²) in [5.41, 5.74) is 5.62. The third-order valence-corrected chi connectivity index (χ3v) is 2.61. The van der Waals surface area contributed by atoms with Crippen LogP contribution in [0.5, 0.6) is 0 Å². The van der Waals surface area contributed by atoms with Gasteiger partial charge in [-0.05, 0) is 18.2 Å². The second kappa shape index (κ2) is 6.88. The molecule has 1 aromatic carbocycles. The van der Waals surface area contributed by atoms with Crippen LogP contribution in [0, 0.1) is 0 Å². The van der Waals surface area contributed by atoms with Crippen molar-refractivity contribution in [3.63, 3.8) is 0 Å². The Bertz CT molecular complexity index is 547. The molecular weight excluding hydrogens is 288 g/mol. The number of carbonyl (C=O) groups is 3. The minimum atomic E-state index is -1.23. The lowest BCUT2D eigenvalue weighted by molar-refractivity contribution is -0.138. The molecule has 0 bridgehead atoms. The van der Waals surface area contributed by atoms with Crippen molar-refractivity contribution in [1.82, 2.24) is 0 Å². The molecule has 1 unspecified atom stereocenters. The molecule has 8 heteroatoms. The van der Waals surface area contributed by atoms with Gasteiger partial charge in [-0.1, -0.05) is 11.6 Å². The maximum atomic E-state index is 11.7. The highest BCUT2D eigenvalue weighted by molar-refractivity contribution is 6.31. The molecule has 1 rings (SSSR count). The van der Waals surface area contributed by atoms with Crippen molar-refractivity contribution in [3.05, 3.63) is 28.8 Å². The van der Waals surface area contributed by atoms with E-state index in [1.54, 1.807) is 0 Å². The van der Waals surface area contributed by atoms with E-state index < -0.39 is 30.3 Å². The Morgan fingerprint density at radius 2 is 2.10 bits per heavy atom. The third kappa shape index (κ3) is 4.22. The first-order valence-electron chi connectivity index (χ1n) is 5.51. The van der Waals surface area contributed by atoms with Crippen molar-refractivity contribution in [2.45, 2.75) is 12.5 Å². The van der Waals surface area contributed by atoms with Crippen LogP contribution >= 0.6 is 11.6 Å². The highest BCUT2D eigenvalue weighted by atomic mass is 35.5. The minimum absolute atomic E-state index is 0.0517. The predicted molar refractivity (Wildman–Crippen MR) is 71.6 cm³/mol. The van der Waals surface area contributed by atoms with Gasteiger partial charge in [0.25, 0.3) is 0 Å². The summed E-state index contributed by atoms with van der Waals surface area (Å²) in [6.45, 7) is 0. The van der Waals surface area contributed by atoms with Gasteiger partial charge in [-0.3, -0.25) is 9.59 Å². The number of halogens is 1. The van der Waals surface area contributed by atoms with Crippen LogP contribution in [0.3, 0.4) is 0 Å². The van der Waals surface area contributed by atoms with Crippen LogP contribution in [0.1, 0.15) is 16.8 Å². The number of carboxylic acid groups (broad SMARTS) is 1. The van der Waals surface area contributed by atoms with Gasteiger partial charge >= 0.3 is 11.9 Å². The second-order valence-electron chi connectivity index (χ2n) is 3.88. The molecule has 0 fully saturated rings. The van der Waals surface area contributed by atoms with E-state index in [1.165, 1.54) is 25.3 Å². The van der Waals surface area contributed by atoms with Crippen LogP contribution in [-0.2, 0) is 14.3 Å². The molecule has 0 radical (unpaired) electrons. The lowest BCUT2D eigenvalue weighted by atomic mass is 10.1. The molecule has 0 heterocycles. The summed E-state index contributed by atoms with van der Waals surface area (Å²) in [4.78, 5) is 33.8. The van der Waals surface area contributed by atoms with Crippen LogP contribution in [0.2, 0.25) is 5.02 Å². The first-order valence-corrected chi connectivity index (χ1v) is 5.89. The number of rotatable bonds is 5. The summed E-state index contributed by atoms with van der Waals surface area (Å²) in [5, 5.41) is 11.2. The van der Waals surface area contributed by atoms with Crippen molar-refractivity contribution in [2.75, 3.05) is 12.4 Å². The van der Waals surface area contributed by atoms with Crippen molar-refractivity contribution in [1.29, 1.82) is 0 Å². The average Bonchev–Trinajstić information content (AvgIpc) is 2.38. The van der Waals surface area contributed by atoms with E-state index in [0.29, 0.717) is 5.02 Å². The molecule has 0 aliphatic heterocycles. The number of hydrogen-bond donors (Lipinski definition) is 3. The molecule has 0 aliphatic rings. The molecular formula is C12H13ClN2O5. The Hall–Kier alpha value is -2.12. The molecule has 0 saturated carbocycles. The monoisotopic (exact) mass is 300 g/mol. The molecule has 4 N–H and O–H groups in total. The molecule has 20 heavy (non-hydrogen) atoms. The van der Waals surface area contributed by atoms with E-state index in [1.807, 2.05) is 0 Å². The van der Waals surface area contributed by atoms with E-state index in [2.05, 4.69) is 10.1 Å². The fourth-order valence-electron chi connectivity index (χ4n) is 1.41. The Balaban J connectivity index is 2.94. The van der Waals surface area contributed by atoms with Crippen molar-refractivity contribution in [3.8, 4) is 0 Å². The summed E-state index contributed by atoms with van der Waals surface area (Å²) in [5.74, 6) is -2.61. The molecule has 1 aromatic rings. The van der Waals surface area contributed by atoms with Crippen molar-refractivity contribution in [2.24, 2.45) is 5.73 Å². The number of methoxy groups -OCH3 is 1. The number of hydrogen-bond acceptors (Lipinski definition) is 5. The quantitative estimate of drug-likeness (QED) is 0.694. The van der Waals surface area contributed by atoms with Crippen molar-refractivity contribution < 1.29 is 24.2 Å². The number of carboxylic acids is 1. The summed E-state index contributed by atoms with van der Waals surface area (Å²) >= 11 is 5.76. The van der Waals surface area contributed by atoms with Crippen LogP contribution < -0.4 is 11.1 Å². The summed E-state index contributed by atoms with van der Waals surface area (Å²) in [6.07, 6.45) is -0.521. The highest BCUT2D eigenvalue weighted by Gasteiger charge is 2.20. The number of benzene rings is 1. The number of aliphatic carboxylic acids is 1. The SMILES string of the molecule is COC(=O)c1cc(Cl)ccc1NC(=O)C(N)CC(=O)O. The predicted octanol–water partition coefficient (Wildman–Crippen LogP) is 0.867. The van der Waals surface area contributed by atoms with Gasteiger partial charge in [0.15, 0.2) is 0 Å². The summed E-state index contributed by atoms with van der Waals surface area (Å²) < 4.78 is 4.56. The number of nitrogens with two attached hydrogens (primary N) is 1. The topological polar surface area (TPSA) is 119 Å². The highest BCUT2D eigenvalue weighted by Crippen LogP contribution is 2.21. The van der Waals surface area contributed by atoms with Crippen LogP contribution in [0.15, 0.2) is 18.2 Å². The van der Waals surface area contributed by atoms with Gasteiger partial charge in [0.05, 0.1) is 30.8 Å². The van der Waals surface area contributed by atoms with Crippen LogP contribution in [0.4, 0.5) is 5.69 Å². The van der Waals surface area contributed by atoms with Crippen LogP contribution in [-0.4, -0.2) is 36.1 Å². The van der Waals surface area contributed by atoms with Gasteiger partial charge in [-0.25, -0.2) is 4.79 Å². The largest absolute Gasteiger partial charge is 0.481 e. The van der Waals surface area contributed by atoms with Gasteiger partial charge in [-0.2, -0.15) is 0 Å². The maximum absolute atomic E-state index is 11.7. The number of esters is 1. The lowest BCUT2D eigenvalue weighted by Crippen LogP contribution is -2.37. The molecule has 108 valence electrons. The fraction of sp³-hybridized carbons (Fsp3) is 0.250. The van der Waals surface area contributed by atoms with Gasteiger partial charge in [-0.15, -0.1) is 0 Å². The Labute approximate surface area is 119 Å². The second-order valence-corrected chi connectivity index (χ2v) is 4.31. The Morgan fingerprint density at radius 3 is 2.65 bits per heavy atom. The first-order chi connectivity index (χ1) is 9.35. The standard InChI is InChI=1S/C12H13ClN2O5/c1-20-12(19)7-4-6(13)2-3-9(7)15-11(18)8(14)5-10(16)17/h2-4,8H,5,14H2,1H3,(H,15,18)(H,16,17). The van der Waals surface area contributed by atoms with E-state index in [9.17, 15) is 14.4 Å². The summed E-state index contributed by atoms with van der Waals surface area (Å²) in [7, 11) is 1.19. The first kappa shape index (κ1) is 15.9. The zero-order valence-corrected chi connectivity index (χ0v) is 11.3.